The topological polar surface area (TPSA) is 64.8 Å². The summed E-state index contributed by atoms with van der Waals surface area (Å²) >= 11 is 5.64. The Morgan fingerprint density at radius 1 is 1.43 bits per heavy atom. The third kappa shape index (κ3) is 3.18. The predicted molar refractivity (Wildman–Crippen MR) is 52.8 cm³/mol. The van der Waals surface area contributed by atoms with Crippen LogP contribution in [0.15, 0.2) is 30.5 Å². The number of quaternary nitrogens is 1. The standard InChI is InChI=1S/C9H8ClNO3/c10-8-3-1-7(2-4-8)5-6-11(14)9(12)13/h1-6,11H,(H,12,13)/b6-5+. The maximum Gasteiger partial charge on any atom is 0.516 e. The van der Waals surface area contributed by atoms with Crippen molar-refractivity contribution >= 4 is 23.8 Å². The largest absolute Gasteiger partial charge is 0.619 e. The van der Waals surface area contributed by atoms with Gasteiger partial charge >= 0.3 is 6.09 Å². The van der Waals surface area contributed by atoms with E-state index in [0.29, 0.717) is 5.02 Å². The summed E-state index contributed by atoms with van der Waals surface area (Å²) in [5.74, 6) is 0. The van der Waals surface area contributed by atoms with Crippen LogP contribution in [-0.2, 0) is 0 Å². The van der Waals surface area contributed by atoms with Crippen molar-refractivity contribution in [2.24, 2.45) is 0 Å². The number of halogens is 1. The lowest BCUT2D eigenvalue weighted by atomic mass is 10.2. The smallest absolute Gasteiger partial charge is 0.516 e. The molecule has 1 aromatic rings. The molecule has 0 aromatic heterocycles. The van der Waals surface area contributed by atoms with Crippen LogP contribution in [0.4, 0.5) is 4.79 Å². The van der Waals surface area contributed by atoms with Crippen LogP contribution in [0.3, 0.4) is 0 Å². The van der Waals surface area contributed by atoms with Gasteiger partial charge in [0.05, 0.1) is 0 Å². The Morgan fingerprint density at radius 3 is 2.50 bits per heavy atom. The highest BCUT2D eigenvalue weighted by molar-refractivity contribution is 6.30. The molecule has 0 saturated heterocycles. The van der Waals surface area contributed by atoms with E-state index in [4.69, 9.17) is 16.7 Å². The minimum absolute atomic E-state index is 0.590. The number of carbonyl (C=O) groups is 1. The van der Waals surface area contributed by atoms with Crippen molar-refractivity contribution in [3.05, 3.63) is 46.3 Å². The normalized spacial score (nSPS) is 13.0. The molecule has 0 radical (unpaired) electrons. The second-order valence-corrected chi connectivity index (χ2v) is 2.99. The van der Waals surface area contributed by atoms with Gasteiger partial charge in [0.2, 0.25) is 0 Å². The Hall–Kier alpha value is -1.36. The molecule has 0 saturated carbocycles. The average Bonchev–Trinajstić information content (AvgIpc) is 2.16. The first-order valence-electron chi connectivity index (χ1n) is 3.80. The minimum Gasteiger partial charge on any atom is -0.619 e. The summed E-state index contributed by atoms with van der Waals surface area (Å²) in [7, 11) is 0. The van der Waals surface area contributed by atoms with Crippen LogP contribution in [-0.4, -0.2) is 11.2 Å². The zero-order valence-electron chi connectivity index (χ0n) is 7.11. The molecular formula is C9H8ClNO3. The number of hydrogen-bond donors (Lipinski definition) is 2. The molecule has 4 nitrogen and oxygen atoms in total. The van der Waals surface area contributed by atoms with Gasteiger partial charge in [-0.1, -0.05) is 23.7 Å². The van der Waals surface area contributed by atoms with Crippen molar-refractivity contribution in [2.75, 3.05) is 0 Å². The van der Waals surface area contributed by atoms with E-state index in [1.165, 1.54) is 6.08 Å². The first-order valence-corrected chi connectivity index (χ1v) is 4.18. The Kier molecular flexibility index (Phi) is 3.64. The molecule has 14 heavy (non-hydrogen) atoms. The predicted octanol–water partition coefficient (Wildman–Crippen LogP) is 1.37. The molecule has 0 heterocycles. The molecular weight excluding hydrogens is 206 g/mol. The van der Waals surface area contributed by atoms with E-state index in [1.807, 2.05) is 0 Å². The van der Waals surface area contributed by atoms with Crippen molar-refractivity contribution < 1.29 is 15.0 Å². The van der Waals surface area contributed by atoms with Gasteiger partial charge in [0.25, 0.3) is 0 Å². The Balaban J connectivity index is 2.69. The summed E-state index contributed by atoms with van der Waals surface area (Å²) in [5.41, 5.74) is 0.726. The van der Waals surface area contributed by atoms with E-state index in [-0.39, 0.29) is 0 Å². The third-order valence-corrected chi connectivity index (χ3v) is 1.76. The summed E-state index contributed by atoms with van der Waals surface area (Å²) in [6.45, 7) is 0. The van der Waals surface area contributed by atoms with Crippen LogP contribution >= 0.6 is 11.6 Å². The zero-order chi connectivity index (χ0) is 10.6. The SMILES string of the molecule is O=C(O)[NH+]([O-])/C=C/c1ccc(Cl)cc1. The van der Waals surface area contributed by atoms with Crippen molar-refractivity contribution in [3.8, 4) is 0 Å². The maximum absolute atomic E-state index is 10.7. The lowest BCUT2D eigenvalue weighted by Gasteiger charge is -2.08. The van der Waals surface area contributed by atoms with E-state index in [0.717, 1.165) is 11.8 Å². The molecule has 1 aromatic carbocycles. The second-order valence-electron chi connectivity index (χ2n) is 2.55. The van der Waals surface area contributed by atoms with Gasteiger partial charge in [-0.3, -0.25) is 0 Å². The van der Waals surface area contributed by atoms with Crippen LogP contribution < -0.4 is 5.06 Å². The van der Waals surface area contributed by atoms with Gasteiger partial charge < -0.3 is 10.3 Å². The van der Waals surface area contributed by atoms with E-state index >= 15 is 0 Å². The molecule has 2 N–H and O–H groups in total. The van der Waals surface area contributed by atoms with Gasteiger partial charge in [-0.05, 0) is 23.8 Å². The number of nitrogens with one attached hydrogen (secondary N) is 1. The van der Waals surface area contributed by atoms with Gasteiger partial charge in [-0.25, -0.2) is 5.06 Å². The monoisotopic (exact) mass is 213 g/mol. The molecule has 1 amide bonds. The molecule has 1 rings (SSSR count). The highest BCUT2D eigenvalue weighted by Gasteiger charge is 2.01. The van der Waals surface area contributed by atoms with Gasteiger partial charge in [0, 0.05) is 5.02 Å². The van der Waals surface area contributed by atoms with Crippen LogP contribution in [0.2, 0.25) is 5.02 Å². The van der Waals surface area contributed by atoms with Gasteiger partial charge in [-0.2, -0.15) is 4.79 Å². The first-order chi connectivity index (χ1) is 6.59. The number of hydrogen-bond acceptors (Lipinski definition) is 2. The van der Waals surface area contributed by atoms with Gasteiger partial charge in [0.15, 0.2) is 0 Å². The zero-order valence-corrected chi connectivity index (χ0v) is 7.86. The fourth-order valence-corrected chi connectivity index (χ4v) is 0.943. The maximum atomic E-state index is 10.7. The summed E-state index contributed by atoms with van der Waals surface area (Å²) in [5, 5.41) is 18.6. The molecule has 1 atom stereocenters. The second kappa shape index (κ2) is 4.76. The van der Waals surface area contributed by atoms with E-state index in [9.17, 15) is 10.0 Å². The van der Waals surface area contributed by atoms with Crippen molar-refractivity contribution in [2.45, 2.75) is 0 Å². The Bertz CT molecular complexity index is 348. The first kappa shape index (κ1) is 10.7. The number of hydroxylamine groups is 2. The van der Waals surface area contributed by atoms with Crippen LogP contribution in [0.1, 0.15) is 5.56 Å². The molecule has 0 fully saturated rings. The van der Waals surface area contributed by atoms with Gasteiger partial charge in [0.1, 0.15) is 6.20 Å². The lowest BCUT2D eigenvalue weighted by Crippen LogP contribution is -3.05. The average molecular weight is 214 g/mol. The van der Waals surface area contributed by atoms with Crippen molar-refractivity contribution in [1.82, 2.24) is 0 Å². The number of amides is 1. The Morgan fingerprint density at radius 2 is 2.00 bits per heavy atom. The van der Waals surface area contributed by atoms with E-state index in [1.54, 1.807) is 24.3 Å². The highest BCUT2D eigenvalue weighted by atomic mass is 35.5. The molecule has 0 aliphatic rings. The third-order valence-electron chi connectivity index (χ3n) is 1.51. The molecule has 0 bridgehead atoms. The minimum atomic E-state index is -1.46. The molecule has 5 heteroatoms. The molecule has 0 spiro atoms. The fraction of sp³-hybridized carbons (Fsp3) is 0. The van der Waals surface area contributed by atoms with E-state index < -0.39 is 11.2 Å². The lowest BCUT2D eigenvalue weighted by molar-refractivity contribution is -0.705. The van der Waals surface area contributed by atoms with Crippen LogP contribution in [0.5, 0.6) is 0 Å². The molecule has 1 unspecified atom stereocenters. The van der Waals surface area contributed by atoms with Crippen LogP contribution in [0.25, 0.3) is 6.08 Å². The Labute approximate surface area is 85.6 Å². The summed E-state index contributed by atoms with van der Waals surface area (Å²) in [6, 6.07) is 6.70. The quantitative estimate of drug-likeness (QED) is 0.730. The molecule has 0 aliphatic heterocycles. The number of carboxylic acid groups (broad SMARTS) is 1. The van der Waals surface area contributed by atoms with Crippen molar-refractivity contribution in [3.63, 3.8) is 0 Å². The van der Waals surface area contributed by atoms with Crippen molar-refractivity contribution in [1.29, 1.82) is 0 Å². The number of benzene rings is 1. The molecule has 0 aliphatic carbocycles. The van der Waals surface area contributed by atoms with Crippen LogP contribution in [0, 0.1) is 5.21 Å². The summed E-state index contributed by atoms with van der Waals surface area (Å²) < 4.78 is 0. The van der Waals surface area contributed by atoms with E-state index in [2.05, 4.69) is 0 Å². The highest BCUT2D eigenvalue weighted by Crippen LogP contribution is 2.09. The van der Waals surface area contributed by atoms with Gasteiger partial charge in [-0.15, -0.1) is 0 Å². The summed E-state index contributed by atoms with van der Waals surface area (Å²) in [4.78, 5) is 10.2. The number of rotatable bonds is 2. The molecule has 74 valence electrons. The fourth-order valence-electron chi connectivity index (χ4n) is 0.817. The summed E-state index contributed by atoms with van der Waals surface area (Å²) in [6.07, 6.45) is 0.966.